The van der Waals surface area contributed by atoms with Gasteiger partial charge in [-0.15, -0.1) is 0 Å². The third kappa shape index (κ3) is 2.79. The highest BCUT2D eigenvalue weighted by atomic mass is 35.5. The lowest BCUT2D eigenvalue weighted by molar-refractivity contribution is 0.0689. The van der Waals surface area contributed by atoms with Crippen LogP contribution in [0.25, 0.3) is 22.1 Å². The summed E-state index contributed by atoms with van der Waals surface area (Å²) in [6, 6.07) is 11.3. The molecule has 1 aliphatic heterocycles. The molecule has 0 saturated heterocycles. The number of halogens is 1. The van der Waals surface area contributed by atoms with Crippen LogP contribution in [0, 0.1) is 6.92 Å². The average Bonchev–Trinajstić information content (AvgIpc) is 2.62. The predicted molar refractivity (Wildman–Crippen MR) is 104 cm³/mol. The number of benzene rings is 2. The number of hydrogen-bond donors (Lipinski definition) is 0. The molecule has 0 unspecified atom stereocenters. The van der Waals surface area contributed by atoms with Crippen molar-refractivity contribution in [2.24, 2.45) is 0 Å². The van der Waals surface area contributed by atoms with Crippen LogP contribution in [-0.4, -0.2) is 17.7 Å². The molecule has 0 amide bonds. The highest BCUT2D eigenvalue weighted by molar-refractivity contribution is 6.30. The lowest BCUT2D eigenvalue weighted by Gasteiger charge is -2.32. The van der Waals surface area contributed by atoms with Gasteiger partial charge in [-0.1, -0.05) is 23.7 Å². The van der Waals surface area contributed by atoms with Crippen LogP contribution in [0.1, 0.15) is 25.2 Å². The number of ether oxygens (including phenoxy) is 1. The molecule has 0 atom stereocenters. The summed E-state index contributed by atoms with van der Waals surface area (Å²) in [4.78, 5) is 15.4. The fraction of sp³-hybridized carbons (Fsp3) is 0.286. The average molecular weight is 370 g/mol. The molecule has 1 aromatic heterocycles. The molecule has 0 aliphatic carbocycles. The topological polar surface area (TPSA) is 42.7 Å². The van der Waals surface area contributed by atoms with Crippen LogP contribution < -0.4 is 10.2 Å². The van der Waals surface area contributed by atoms with Gasteiger partial charge in [-0.2, -0.15) is 0 Å². The molecule has 0 fully saturated rings. The quantitative estimate of drug-likeness (QED) is 0.638. The second kappa shape index (κ2) is 6.45. The Morgan fingerprint density at radius 1 is 1.12 bits per heavy atom. The first-order chi connectivity index (χ1) is 12.5. The fourth-order valence-electron chi connectivity index (χ4n) is 3.37. The predicted octanol–water partition coefficient (Wildman–Crippen LogP) is 4.98. The normalized spacial score (nSPS) is 14.5. The van der Waals surface area contributed by atoms with Gasteiger partial charge in [-0.05, 0) is 50.6 Å². The van der Waals surface area contributed by atoms with E-state index in [1.807, 2.05) is 25.1 Å². The Morgan fingerprint density at radius 2 is 1.85 bits per heavy atom. The van der Waals surface area contributed by atoms with Crippen molar-refractivity contribution in [1.82, 2.24) is 4.90 Å². The highest BCUT2D eigenvalue weighted by Crippen LogP contribution is 2.34. The molecule has 134 valence electrons. The van der Waals surface area contributed by atoms with Crippen molar-refractivity contribution in [1.29, 1.82) is 0 Å². The van der Waals surface area contributed by atoms with Crippen LogP contribution >= 0.6 is 11.6 Å². The van der Waals surface area contributed by atoms with E-state index >= 15 is 0 Å². The number of nitrogens with zero attached hydrogens (tertiary/aromatic N) is 1. The van der Waals surface area contributed by atoms with E-state index in [1.165, 1.54) is 0 Å². The van der Waals surface area contributed by atoms with Gasteiger partial charge in [-0.3, -0.25) is 9.69 Å². The zero-order valence-electron chi connectivity index (χ0n) is 15.0. The van der Waals surface area contributed by atoms with Gasteiger partial charge in [0.05, 0.1) is 16.5 Å². The van der Waals surface area contributed by atoms with Gasteiger partial charge in [0.1, 0.15) is 23.8 Å². The van der Waals surface area contributed by atoms with E-state index in [1.54, 1.807) is 18.2 Å². The smallest absolute Gasteiger partial charge is 0.200 e. The van der Waals surface area contributed by atoms with Crippen LogP contribution in [-0.2, 0) is 6.54 Å². The summed E-state index contributed by atoms with van der Waals surface area (Å²) in [6.07, 6.45) is 0. The Kier molecular flexibility index (Phi) is 4.25. The van der Waals surface area contributed by atoms with E-state index in [-0.39, 0.29) is 5.43 Å². The minimum Gasteiger partial charge on any atom is -0.478 e. The minimum absolute atomic E-state index is 0.0319. The summed E-state index contributed by atoms with van der Waals surface area (Å²) >= 11 is 5.97. The molecule has 0 radical (unpaired) electrons. The molecular weight excluding hydrogens is 350 g/mol. The molecule has 4 nitrogen and oxygen atoms in total. The van der Waals surface area contributed by atoms with Crippen LogP contribution in [0.3, 0.4) is 0 Å². The van der Waals surface area contributed by atoms with Gasteiger partial charge < -0.3 is 9.15 Å². The number of aryl methyl sites for hydroxylation is 1. The zero-order valence-corrected chi connectivity index (χ0v) is 15.8. The molecule has 5 heteroatoms. The fourth-order valence-corrected chi connectivity index (χ4v) is 3.50. The van der Waals surface area contributed by atoms with Gasteiger partial charge in [0.25, 0.3) is 0 Å². The van der Waals surface area contributed by atoms with E-state index in [9.17, 15) is 4.79 Å². The van der Waals surface area contributed by atoms with E-state index in [0.717, 1.165) is 16.9 Å². The number of rotatable bonds is 2. The van der Waals surface area contributed by atoms with Crippen molar-refractivity contribution >= 4 is 22.6 Å². The minimum atomic E-state index is -0.0319. The van der Waals surface area contributed by atoms with E-state index < -0.39 is 0 Å². The third-order valence-corrected chi connectivity index (χ3v) is 5.16. The SMILES string of the molecule is Cc1oc2c3c(ccc2c(=O)c1-c1ccc(Cl)cc1)OCN(C(C)C)C3. The summed E-state index contributed by atoms with van der Waals surface area (Å²) in [5.74, 6) is 1.39. The molecule has 4 rings (SSSR count). The van der Waals surface area contributed by atoms with E-state index in [2.05, 4.69) is 18.7 Å². The van der Waals surface area contributed by atoms with Crippen molar-refractivity contribution in [3.05, 3.63) is 63.0 Å². The zero-order chi connectivity index (χ0) is 18.4. The molecule has 2 heterocycles. The van der Waals surface area contributed by atoms with E-state index in [0.29, 0.717) is 46.6 Å². The summed E-state index contributed by atoms with van der Waals surface area (Å²) in [7, 11) is 0. The molecular formula is C21H20ClNO3. The second-order valence-corrected chi connectivity index (χ2v) is 7.34. The van der Waals surface area contributed by atoms with Gasteiger partial charge in [0, 0.05) is 17.6 Å². The van der Waals surface area contributed by atoms with Crippen molar-refractivity contribution in [3.63, 3.8) is 0 Å². The molecule has 3 aromatic rings. The van der Waals surface area contributed by atoms with Gasteiger partial charge in [0.2, 0.25) is 5.43 Å². The van der Waals surface area contributed by atoms with Gasteiger partial charge in [-0.25, -0.2) is 0 Å². The molecule has 26 heavy (non-hydrogen) atoms. The largest absolute Gasteiger partial charge is 0.478 e. The van der Waals surface area contributed by atoms with Crippen LogP contribution in [0.2, 0.25) is 5.02 Å². The maximum Gasteiger partial charge on any atom is 0.200 e. The molecule has 0 saturated carbocycles. The Morgan fingerprint density at radius 3 is 2.54 bits per heavy atom. The monoisotopic (exact) mass is 369 g/mol. The molecule has 0 bridgehead atoms. The molecule has 0 spiro atoms. The van der Waals surface area contributed by atoms with Crippen LogP contribution in [0.4, 0.5) is 0 Å². The Balaban J connectivity index is 1.93. The Hall–Kier alpha value is -2.30. The Bertz CT molecular complexity index is 1040. The first-order valence-corrected chi connectivity index (χ1v) is 9.05. The molecule has 2 aromatic carbocycles. The summed E-state index contributed by atoms with van der Waals surface area (Å²) in [5.41, 5.74) is 2.90. The van der Waals surface area contributed by atoms with Crippen molar-refractivity contribution in [3.8, 4) is 16.9 Å². The van der Waals surface area contributed by atoms with Crippen molar-refractivity contribution in [2.45, 2.75) is 33.4 Å². The van der Waals surface area contributed by atoms with Crippen molar-refractivity contribution in [2.75, 3.05) is 6.73 Å². The molecule has 0 N–H and O–H groups in total. The van der Waals surface area contributed by atoms with Gasteiger partial charge in [0.15, 0.2) is 0 Å². The highest BCUT2D eigenvalue weighted by Gasteiger charge is 2.24. The van der Waals surface area contributed by atoms with Crippen LogP contribution in [0.15, 0.2) is 45.6 Å². The number of fused-ring (bicyclic) bond motifs is 3. The van der Waals surface area contributed by atoms with Gasteiger partial charge >= 0.3 is 0 Å². The first kappa shape index (κ1) is 17.1. The standard InChI is InChI=1S/C21H20ClNO3/c1-12(2)23-10-17-18(25-11-23)9-8-16-20(24)19(13(3)26-21(16)17)14-4-6-15(22)7-5-14/h4-9,12H,10-11H2,1-3H3. The maximum atomic E-state index is 13.2. The van der Waals surface area contributed by atoms with Crippen LogP contribution in [0.5, 0.6) is 5.75 Å². The summed E-state index contributed by atoms with van der Waals surface area (Å²) in [5, 5.41) is 1.21. The molecule has 1 aliphatic rings. The summed E-state index contributed by atoms with van der Waals surface area (Å²) in [6.45, 7) is 7.32. The first-order valence-electron chi connectivity index (χ1n) is 8.68. The lowest BCUT2D eigenvalue weighted by Crippen LogP contribution is -2.37. The maximum absolute atomic E-state index is 13.2. The van der Waals surface area contributed by atoms with E-state index in [4.69, 9.17) is 20.8 Å². The van der Waals surface area contributed by atoms with Crippen molar-refractivity contribution < 1.29 is 9.15 Å². The lowest BCUT2D eigenvalue weighted by atomic mass is 10.0. The third-order valence-electron chi connectivity index (χ3n) is 4.91. The second-order valence-electron chi connectivity index (χ2n) is 6.90. The number of hydrogen-bond acceptors (Lipinski definition) is 4. The summed E-state index contributed by atoms with van der Waals surface area (Å²) < 4.78 is 12.0. The Labute approximate surface area is 156 Å².